The first kappa shape index (κ1) is 46.8. The number of nitrogens with zero attached hydrogens (tertiary/aromatic N) is 6. The molecule has 53 heavy (non-hydrogen) atoms. The van der Waals surface area contributed by atoms with Crippen LogP contribution in [0.5, 0.6) is 0 Å². The smallest absolute Gasteiger partial charge is 0.148 e. The highest BCUT2D eigenvalue weighted by Gasteiger charge is 2.12. The first-order chi connectivity index (χ1) is 23.8. The minimum Gasteiger partial charge on any atom is -0.148 e. The lowest BCUT2D eigenvalue weighted by Crippen LogP contribution is -2.05. The second-order valence-electron chi connectivity index (χ2n) is 11.4. The molecule has 6 aromatic heterocycles. The SMILES string of the molecule is Br.Br.C[Si](C)(C)Br.Cl.Clc1cc2sc3c(Cl)cccc3c2nn1.Clc1cc2sc3c(Cl)cccc3c2nn1.Clc1cccc2c1sc1cc(Br)nnc12. The molecule has 0 saturated heterocycles. The van der Waals surface area contributed by atoms with E-state index in [4.69, 9.17) is 58.0 Å². The Hall–Kier alpha value is -0.563. The molecule has 0 aliphatic heterocycles. The van der Waals surface area contributed by atoms with Gasteiger partial charge >= 0.3 is 0 Å². The van der Waals surface area contributed by atoms with Crippen molar-refractivity contribution in [1.29, 1.82) is 0 Å². The van der Waals surface area contributed by atoms with Gasteiger partial charge in [-0.2, -0.15) is 0 Å². The fourth-order valence-corrected chi connectivity index (χ4v) is 9.57. The molecular weight excluding hydrogens is 1140 g/mol. The van der Waals surface area contributed by atoms with Crippen LogP contribution in [-0.2, 0) is 0 Å². The van der Waals surface area contributed by atoms with Gasteiger partial charge in [0.1, 0.15) is 27.8 Å². The summed E-state index contributed by atoms with van der Waals surface area (Å²) in [5, 5.41) is 30.2. The summed E-state index contributed by atoms with van der Waals surface area (Å²) in [5.41, 5.74) is 2.64. The lowest BCUT2D eigenvalue weighted by atomic mass is 10.2. The highest BCUT2D eigenvalue weighted by Crippen LogP contribution is 2.39. The van der Waals surface area contributed by atoms with Gasteiger partial charge in [0.05, 0.1) is 43.3 Å². The van der Waals surface area contributed by atoms with Gasteiger partial charge in [-0.25, -0.2) is 0 Å². The molecule has 9 rings (SSSR count). The fraction of sp³-hybridized carbons (Fsp3) is 0.0909. The van der Waals surface area contributed by atoms with Gasteiger partial charge in [-0.05, 0) is 52.3 Å². The molecule has 0 bridgehead atoms. The number of rotatable bonds is 0. The van der Waals surface area contributed by atoms with Gasteiger partial charge in [-0.15, -0.1) is 126 Å². The standard InChI is InChI=1S/C10H4BrClN2S.2C10H4Cl2N2S.C3H9BrSi.2BrH.ClH/c11-8-4-7-9(14-13-8)5-2-1-3-6(12)10(5)15-7;2*11-6-3-1-2-5-9-7(15-10(5)6)4-8(12)13-14-9;1-5(2,3)4;;;/h3*1-4H;1-3H3;3*1H. The van der Waals surface area contributed by atoms with E-state index >= 15 is 0 Å². The average Bonchev–Trinajstić information content (AvgIpc) is 3.73. The molecule has 0 saturated carbocycles. The summed E-state index contributed by atoms with van der Waals surface area (Å²) in [5.74, 6) is 0. The van der Waals surface area contributed by atoms with E-state index in [-0.39, 0.29) is 46.4 Å². The third-order valence-electron chi connectivity index (χ3n) is 6.49. The molecule has 0 N–H and O–H groups in total. The number of fused-ring (bicyclic) bond motifs is 9. The van der Waals surface area contributed by atoms with Crippen LogP contribution in [0.4, 0.5) is 0 Å². The molecule has 0 amide bonds. The first-order valence-corrected chi connectivity index (χ1v) is 25.3. The third-order valence-corrected chi connectivity index (χ3v) is 12.1. The molecule has 0 aliphatic carbocycles. The molecular formula is C33H24Br4Cl6N6S3Si. The van der Waals surface area contributed by atoms with Crippen molar-refractivity contribution in [3.05, 3.63) is 103 Å². The van der Waals surface area contributed by atoms with Crippen molar-refractivity contribution in [3.8, 4) is 0 Å². The van der Waals surface area contributed by atoms with Crippen molar-refractivity contribution in [2.75, 3.05) is 0 Å². The largest absolute Gasteiger partial charge is 0.153 e. The van der Waals surface area contributed by atoms with E-state index in [1.807, 2.05) is 72.8 Å². The van der Waals surface area contributed by atoms with E-state index in [1.165, 1.54) is 0 Å². The summed E-state index contributed by atoms with van der Waals surface area (Å²) in [6, 6.07) is 23.0. The van der Waals surface area contributed by atoms with Gasteiger partial charge in [0, 0.05) is 16.2 Å². The molecule has 0 aliphatic rings. The van der Waals surface area contributed by atoms with E-state index in [9.17, 15) is 0 Å². The number of benzene rings is 3. The third kappa shape index (κ3) is 11.5. The van der Waals surface area contributed by atoms with E-state index in [0.29, 0.717) is 10.3 Å². The van der Waals surface area contributed by atoms with Gasteiger partial charge in [-0.1, -0.05) is 114 Å². The zero-order valence-electron chi connectivity index (χ0n) is 27.2. The van der Waals surface area contributed by atoms with Crippen LogP contribution < -0.4 is 0 Å². The van der Waals surface area contributed by atoms with Crippen LogP contribution in [-0.4, -0.2) is 37.3 Å². The van der Waals surface area contributed by atoms with E-state index < -0.39 is 6.69 Å². The first-order valence-electron chi connectivity index (χ1n) is 14.5. The predicted molar refractivity (Wildman–Crippen MR) is 258 cm³/mol. The second kappa shape index (κ2) is 20.2. The lowest BCUT2D eigenvalue weighted by Gasteiger charge is -1.98. The zero-order valence-corrected chi connectivity index (χ0v) is 41.9. The molecule has 20 heteroatoms. The molecule has 0 radical (unpaired) electrons. The predicted octanol–water partition coefficient (Wildman–Crippen LogP) is 16.4. The maximum Gasteiger partial charge on any atom is 0.153 e. The topological polar surface area (TPSA) is 77.3 Å². The molecule has 278 valence electrons. The van der Waals surface area contributed by atoms with Crippen molar-refractivity contribution in [3.63, 3.8) is 0 Å². The minimum atomic E-state index is -0.799. The normalized spacial score (nSPS) is 10.8. The molecule has 0 unspecified atom stereocenters. The van der Waals surface area contributed by atoms with Crippen LogP contribution in [0.15, 0.2) is 77.4 Å². The Bertz CT molecular complexity index is 2390. The summed E-state index contributed by atoms with van der Waals surface area (Å²) in [7, 11) is 0. The molecule has 9 aromatic rings. The van der Waals surface area contributed by atoms with Crippen LogP contribution in [0.25, 0.3) is 60.9 Å². The van der Waals surface area contributed by atoms with E-state index in [2.05, 4.69) is 81.5 Å². The van der Waals surface area contributed by atoms with Crippen molar-refractivity contribution in [2.45, 2.75) is 19.6 Å². The van der Waals surface area contributed by atoms with Gasteiger partial charge in [-0.3, -0.25) is 0 Å². The Kier molecular flexibility index (Phi) is 17.9. The molecule has 6 heterocycles. The van der Waals surface area contributed by atoms with Crippen molar-refractivity contribution in [2.24, 2.45) is 0 Å². The van der Waals surface area contributed by atoms with E-state index in [0.717, 1.165) is 80.6 Å². The maximum atomic E-state index is 6.12. The van der Waals surface area contributed by atoms with Gasteiger partial charge < -0.3 is 0 Å². The summed E-state index contributed by atoms with van der Waals surface area (Å²) < 4.78 is 7.01. The molecule has 0 atom stereocenters. The summed E-state index contributed by atoms with van der Waals surface area (Å²) in [6.45, 7) is 5.93. The molecule has 3 aromatic carbocycles. The minimum absolute atomic E-state index is 0. The fourth-order valence-electron chi connectivity index (χ4n) is 4.58. The highest BCUT2D eigenvalue weighted by molar-refractivity contribution is 9.26. The molecule has 0 fully saturated rings. The number of hydrogen-bond acceptors (Lipinski definition) is 9. The van der Waals surface area contributed by atoms with Gasteiger partial charge in [0.15, 0.2) is 10.3 Å². The van der Waals surface area contributed by atoms with Gasteiger partial charge in [0.25, 0.3) is 0 Å². The second-order valence-corrected chi connectivity index (χ2v) is 28.6. The van der Waals surface area contributed by atoms with Crippen LogP contribution in [0.1, 0.15) is 0 Å². The Morgan fingerprint density at radius 1 is 0.509 bits per heavy atom. The number of aromatic nitrogens is 6. The number of thiophene rings is 3. The summed E-state index contributed by atoms with van der Waals surface area (Å²) in [6.07, 6.45) is 0. The lowest BCUT2D eigenvalue weighted by molar-refractivity contribution is 1.05. The van der Waals surface area contributed by atoms with Crippen LogP contribution in [0.2, 0.25) is 45.0 Å². The summed E-state index contributed by atoms with van der Waals surface area (Å²) >= 11 is 41.5. The number of hydrogen-bond donors (Lipinski definition) is 0. The maximum absolute atomic E-state index is 6.12. The zero-order chi connectivity index (χ0) is 35.7. The van der Waals surface area contributed by atoms with Gasteiger partial charge in [0.2, 0.25) is 0 Å². The summed E-state index contributed by atoms with van der Waals surface area (Å²) in [4.78, 5) is 0. The Morgan fingerprint density at radius 3 is 1.15 bits per heavy atom. The highest BCUT2D eigenvalue weighted by atomic mass is 79.9. The number of halogens is 10. The monoisotopic (exact) mass is 1150 g/mol. The molecule has 0 spiro atoms. The van der Waals surface area contributed by atoms with Crippen LogP contribution in [0.3, 0.4) is 0 Å². The van der Waals surface area contributed by atoms with Crippen molar-refractivity contribution in [1.82, 2.24) is 30.6 Å². The van der Waals surface area contributed by atoms with Crippen LogP contribution >= 0.6 is 170 Å². The van der Waals surface area contributed by atoms with Crippen molar-refractivity contribution < 1.29 is 0 Å². The average molecular weight is 1160 g/mol. The molecule has 6 nitrogen and oxygen atoms in total. The van der Waals surface area contributed by atoms with Crippen molar-refractivity contribution >= 4 is 237 Å². The Morgan fingerprint density at radius 2 is 0.811 bits per heavy atom. The Balaban J connectivity index is 0.000000196. The van der Waals surface area contributed by atoms with Crippen LogP contribution in [0, 0.1) is 0 Å². The quantitative estimate of drug-likeness (QED) is 0.111. The Labute approximate surface area is 385 Å². The van der Waals surface area contributed by atoms with E-state index in [1.54, 1.807) is 34.0 Å².